The number of aryl methyl sites for hydroxylation is 1. The van der Waals surface area contributed by atoms with Crippen LogP contribution in [-0.4, -0.2) is 31.6 Å². The molecule has 1 aliphatic rings. The van der Waals surface area contributed by atoms with Crippen LogP contribution in [0.15, 0.2) is 58.3 Å². The lowest BCUT2D eigenvalue weighted by molar-refractivity contribution is -0.0144. The van der Waals surface area contributed by atoms with Crippen molar-refractivity contribution >= 4 is 17.7 Å². The summed E-state index contributed by atoms with van der Waals surface area (Å²) in [7, 11) is 1.67. The van der Waals surface area contributed by atoms with Crippen LogP contribution >= 0.6 is 0 Å². The van der Waals surface area contributed by atoms with E-state index >= 15 is 0 Å². The minimum Gasteiger partial charge on any atom is -0.320 e. The lowest BCUT2D eigenvalue weighted by Crippen LogP contribution is -2.25. The zero-order valence-corrected chi connectivity index (χ0v) is 15.6. The first kappa shape index (κ1) is 20.0. The van der Waals surface area contributed by atoms with E-state index in [0.29, 0.717) is 17.1 Å². The lowest BCUT2D eigenvalue weighted by Gasteiger charge is -2.21. The highest BCUT2D eigenvalue weighted by Crippen LogP contribution is 2.27. The summed E-state index contributed by atoms with van der Waals surface area (Å²) >= 11 is 0. The Hall–Kier alpha value is -2.34. The number of amidine groups is 1. The van der Waals surface area contributed by atoms with E-state index < -0.39 is 5.92 Å². The van der Waals surface area contributed by atoms with Crippen LogP contribution in [0.3, 0.4) is 0 Å². The molecule has 1 heterocycles. The SMILES string of the molecule is C=C1/C=C(CCC(F)(F)CCNC)\C=N/N(c2ccc(C)cc2)C(C)=N1. The molecule has 0 aliphatic carbocycles. The van der Waals surface area contributed by atoms with Crippen molar-refractivity contribution in [1.29, 1.82) is 0 Å². The van der Waals surface area contributed by atoms with Crippen molar-refractivity contribution in [3.05, 3.63) is 53.8 Å². The van der Waals surface area contributed by atoms with Gasteiger partial charge in [0.05, 0.1) is 17.6 Å². The fraction of sp³-hybridized carbons (Fsp3) is 0.400. The molecule has 0 unspecified atom stereocenters. The number of anilines is 1. The van der Waals surface area contributed by atoms with Gasteiger partial charge in [-0.1, -0.05) is 24.3 Å². The molecule has 0 radical (unpaired) electrons. The van der Waals surface area contributed by atoms with Crippen LogP contribution in [0, 0.1) is 6.92 Å². The second kappa shape index (κ2) is 8.85. The van der Waals surface area contributed by atoms with Crippen molar-refractivity contribution in [2.24, 2.45) is 10.1 Å². The Balaban J connectivity index is 2.16. The third-order valence-corrected chi connectivity index (χ3v) is 4.10. The molecular formula is C20H26F2N4. The van der Waals surface area contributed by atoms with Gasteiger partial charge in [-0.2, -0.15) is 5.10 Å². The molecule has 26 heavy (non-hydrogen) atoms. The molecule has 0 saturated heterocycles. The Morgan fingerprint density at radius 3 is 2.50 bits per heavy atom. The molecule has 0 amide bonds. The first-order valence-electron chi connectivity index (χ1n) is 8.69. The molecule has 1 aliphatic heterocycles. The van der Waals surface area contributed by atoms with Gasteiger partial charge in [0.25, 0.3) is 0 Å². The van der Waals surface area contributed by atoms with Gasteiger partial charge in [-0.3, -0.25) is 0 Å². The highest BCUT2D eigenvalue weighted by Gasteiger charge is 2.27. The minimum absolute atomic E-state index is 0.179. The quantitative estimate of drug-likeness (QED) is 0.767. The van der Waals surface area contributed by atoms with Gasteiger partial charge >= 0.3 is 0 Å². The van der Waals surface area contributed by atoms with Crippen LogP contribution in [0.2, 0.25) is 0 Å². The molecule has 4 nitrogen and oxygen atoms in total. The summed E-state index contributed by atoms with van der Waals surface area (Å²) in [5.41, 5.74) is 3.22. The monoisotopic (exact) mass is 360 g/mol. The van der Waals surface area contributed by atoms with Crippen molar-refractivity contribution < 1.29 is 8.78 Å². The van der Waals surface area contributed by atoms with Crippen LogP contribution in [-0.2, 0) is 0 Å². The van der Waals surface area contributed by atoms with E-state index in [-0.39, 0.29) is 25.8 Å². The number of hydrogen-bond acceptors (Lipinski definition) is 4. The Morgan fingerprint density at radius 2 is 1.85 bits per heavy atom. The van der Waals surface area contributed by atoms with Crippen molar-refractivity contribution in [3.63, 3.8) is 0 Å². The third kappa shape index (κ3) is 5.88. The van der Waals surface area contributed by atoms with E-state index in [9.17, 15) is 8.78 Å². The lowest BCUT2D eigenvalue weighted by atomic mass is 10.0. The van der Waals surface area contributed by atoms with Crippen LogP contribution < -0.4 is 10.3 Å². The normalized spacial score (nSPS) is 18.7. The number of hydrogen-bond donors (Lipinski definition) is 1. The number of allylic oxidation sites excluding steroid dienone is 2. The van der Waals surface area contributed by atoms with E-state index in [2.05, 4.69) is 22.0 Å². The average Bonchev–Trinajstić information content (AvgIpc) is 2.58. The zero-order chi connectivity index (χ0) is 19.2. The van der Waals surface area contributed by atoms with Gasteiger partial charge in [-0.15, -0.1) is 0 Å². The molecule has 0 aromatic heterocycles. The molecule has 1 aromatic rings. The molecule has 2 rings (SSSR count). The van der Waals surface area contributed by atoms with Crippen molar-refractivity contribution in [3.8, 4) is 0 Å². The number of benzene rings is 1. The maximum atomic E-state index is 13.9. The van der Waals surface area contributed by atoms with Crippen LogP contribution in [0.4, 0.5) is 14.5 Å². The summed E-state index contributed by atoms with van der Waals surface area (Å²) in [6.07, 6.45) is 3.15. The molecule has 0 fully saturated rings. The van der Waals surface area contributed by atoms with Gasteiger partial charge in [0, 0.05) is 19.4 Å². The number of nitrogens with zero attached hydrogens (tertiary/aromatic N) is 3. The number of halogens is 2. The number of rotatable bonds is 7. The molecule has 0 spiro atoms. The zero-order valence-electron chi connectivity index (χ0n) is 15.6. The molecule has 140 valence electrons. The molecule has 1 N–H and O–H groups in total. The predicted molar refractivity (Wildman–Crippen MR) is 105 cm³/mol. The van der Waals surface area contributed by atoms with Crippen LogP contribution in [0.25, 0.3) is 0 Å². The summed E-state index contributed by atoms with van der Waals surface area (Å²) in [5, 5.41) is 8.91. The number of nitrogens with one attached hydrogen (secondary N) is 1. The summed E-state index contributed by atoms with van der Waals surface area (Å²) in [4.78, 5) is 4.42. The van der Waals surface area contributed by atoms with Gasteiger partial charge in [0.2, 0.25) is 5.92 Å². The highest BCUT2D eigenvalue weighted by molar-refractivity contribution is 5.98. The largest absolute Gasteiger partial charge is 0.320 e. The standard InChI is InChI=1S/C20H26F2N4/c1-15-5-7-19(8-6-15)26-17(3)25-16(2)13-18(14-24-26)9-10-20(21,22)11-12-23-4/h5-8,13-14,23H,2,9-12H2,1,3-4H3/b18-13-,24-14-,25-17?. The highest BCUT2D eigenvalue weighted by atomic mass is 19.3. The van der Waals surface area contributed by atoms with E-state index in [1.165, 1.54) is 0 Å². The Labute approximate surface area is 154 Å². The molecule has 0 bridgehead atoms. The topological polar surface area (TPSA) is 40.0 Å². The second-order valence-corrected chi connectivity index (χ2v) is 6.47. The molecule has 6 heteroatoms. The van der Waals surface area contributed by atoms with Crippen molar-refractivity contribution in [1.82, 2.24) is 5.32 Å². The molecule has 1 aromatic carbocycles. The summed E-state index contributed by atoms with van der Waals surface area (Å²) in [5.74, 6) is -2.04. The van der Waals surface area contributed by atoms with Gasteiger partial charge in [-0.05, 0) is 51.1 Å². The number of hydrazone groups is 1. The first-order chi connectivity index (χ1) is 12.3. The van der Waals surface area contributed by atoms with Crippen LogP contribution in [0.1, 0.15) is 31.7 Å². The van der Waals surface area contributed by atoms with Gasteiger partial charge in [0.1, 0.15) is 5.84 Å². The second-order valence-electron chi connectivity index (χ2n) is 6.47. The number of aliphatic imine (C=N–C) groups is 1. The Kier molecular flexibility index (Phi) is 6.80. The Bertz CT molecular complexity index is 718. The maximum absolute atomic E-state index is 13.9. The van der Waals surface area contributed by atoms with E-state index in [4.69, 9.17) is 0 Å². The summed E-state index contributed by atoms with van der Waals surface area (Å²) in [6.45, 7) is 8.04. The summed E-state index contributed by atoms with van der Waals surface area (Å²) < 4.78 is 27.8. The first-order valence-corrected chi connectivity index (χ1v) is 8.69. The fourth-order valence-corrected chi connectivity index (χ4v) is 2.59. The summed E-state index contributed by atoms with van der Waals surface area (Å²) in [6, 6.07) is 7.88. The third-order valence-electron chi connectivity index (χ3n) is 4.10. The van der Waals surface area contributed by atoms with E-state index in [1.54, 1.807) is 24.3 Å². The smallest absolute Gasteiger partial charge is 0.249 e. The average molecular weight is 360 g/mol. The Morgan fingerprint density at radius 1 is 1.15 bits per heavy atom. The predicted octanol–water partition coefficient (Wildman–Crippen LogP) is 4.68. The molecule has 0 atom stereocenters. The number of alkyl halides is 2. The van der Waals surface area contributed by atoms with Crippen LogP contribution in [0.5, 0.6) is 0 Å². The molecule has 0 saturated carbocycles. The molecular weight excluding hydrogens is 334 g/mol. The van der Waals surface area contributed by atoms with Gasteiger partial charge < -0.3 is 5.32 Å². The van der Waals surface area contributed by atoms with E-state index in [0.717, 1.165) is 11.3 Å². The van der Waals surface area contributed by atoms with Gasteiger partial charge in [-0.25, -0.2) is 18.8 Å². The minimum atomic E-state index is -2.71. The van der Waals surface area contributed by atoms with Crippen molar-refractivity contribution in [2.45, 2.75) is 39.0 Å². The van der Waals surface area contributed by atoms with E-state index in [1.807, 2.05) is 38.1 Å². The fourth-order valence-electron chi connectivity index (χ4n) is 2.59. The maximum Gasteiger partial charge on any atom is 0.249 e. The van der Waals surface area contributed by atoms with Crippen molar-refractivity contribution in [2.75, 3.05) is 18.6 Å². The van der Waals surface area contributed by atoms with Gasteiger partial charge in [0.15, 0.2) is 0 Å².